The Hall–Kier alpha value is -2.35. The number of anilines is 1. The maximum Gasteiger partial charge on any atom is 0.143 e. The van der Waals surface area contributed by atoms with Crippen LogP contribution in [0.2, 0.25) is 0 Å². The van der Waals surface area contributed by atoms with Gasteiger partial charge in [-0.15, -0.1) is 0 Å². The van der Waals surface area contributed by atoms with Gasteiger partial charge in [-0.1, -0.05) is 0 Å². The van der Waals surface area contributed by atoms with Crippen LogP contribution < -0.4 is 5.32 Å². The van der Waals surface area contributed by atoms with Crippen LogP contribution in [0.3, 0.4) is 0 Å². The second-order valence-electron chi connectivity index (χ2n) is 3.59. The van der Waals surface area contributed by atoms with Gasteiger partial charge in [0.1, 0.15) is 11.9 Å². The Morgan fingerprint density at radius 2 is 2.35 bits per heavy atom. The second kappa shape index (κ2) is 5.66. The Morgan fingerprint density at radius 1 is 1.41 bits per heavy atom. The number of nitrogens with one attached hydrogen (secondary N) is 1. The summed E-state index contributed by atoms with van der Waals surface area (Å²) in [4.78, 5) is 8.10. The summed E-state index contributed by atoms with van der Waals surface area (Å²) in [7, 11) is 0. The third-order valence-electron chi connectivity index (χ3n) is 2.37. The summed E-state index contributed by atoms with van der Waals surface area (Å²) in [6.45, 7) is 1.69. The number of nitrogens with zero attached hydrogens (tertiary/aromatic N) is 4. The van der Waals surface area contributed by atoms with E-state index in [2.05, 4.69) is 21.4 Å². The molecule has 0 fully saturated rings. The minimum absolute atomic E-state index is 0.579. The third kappa shape index (κ3) is 3.05. The van der Waals surface area contributed by atoms with Crippen LogP contribution in [0.25, 0.3) is 0 Å². The Labute approximate surface area is 99.7 Å². The highest BCUT2D eigenvalue weighted by molar-refractivity contribution is 5.50. The quantitative estimate of drug-likeness (QED) is 0.789. The highest BCUT2D eigenvalue weighted by Gasteiger charge is 2.00. The van der Waals surface area contributed by atoms with Gasteiger partial charge in [0, 0.05) is 31.7 Å². The van der Waals surface area contributed by atoms with Crippen molar-refractivity contribution < 1.29 is 0 Å². The first-order valence-corrected chi connectivity index (χ1v) is 5.45. The highest BCUT2D eigenvalue weighted by atomic mass is 15.0. The molecule has 86 valence electrons. The molecule has 0 spiro atoms. The fourth-order valence-electron chi connectivity index (χ4n) is 1.52. The predicted octanol–water partition coefficient (Wildman–Crippen LogP) is 1.65. The topological polar surface area (TPSA) is 66.5 Å². The van der Waals surface area contributed by atoms with E-state index in [1.54, 1.807) is 30.9 Å². The van der Waals surface area contributed by atoms with Crippen molar-refractivity contribution >= 4 is 5.82 Å². The van der Waals surface area contributed by atoms with E-state index >= 15 is 0 Å². The van der Waals surface area contributed by atoms with Gasteiger partial charge in [-0.05, 0) is 18.6 Å². The molecule has 0 aromatic carbocycles. The maximum absolute atomic E-state index is 8.88. The number of hydrogen-bond acceptors (Lipinski definition) is 4. The van der Waals surface area contributed by atoms with Crippen LogP contribution >= 0.6 is 0 Å². The van der Waals surface area contributed by atoms with Gasteiger partial charge in [0.25, 0.3) is 0 Å². The fourth-order valence-corrected chi connectivity index (χ4v) is 1.52. The predicted molar refractivity (Wildman–Crippen MR) is 64.3 cm³/mol. The van der Waals surface area contributed by atoms with Crippen molar-refractivity contribution in [3.8, 4) is 6.07 Å². The van der Waals surface area contributed by atoms with Crippen LogP contribution in [-0.2, 0) is 6.54 Å². The minimum atomic E-state index is 0.579. The van der Waals surface area contributed by atoms with Crippen LogP contribution in [0.4, 0.5) is 5.82 Å². The van der Waals surface area contributed by atoms with E-state index < -0.39 is 0 Å². The van der Waals surface area contributed by atoms with E-state index in [9.17, 15) is 0 Å². The molecule has 0 aliphatic carbocycles. The molecule has 5 nitrogen and oxygen atoms in total. The Kier molecular flexibility index (Phi) is 3.71. The lowest BCUT2D eigenvalue weighted by Gasteiger charge is -2.06. The van der Waals surface area contributed by atoms with E-state index in [4.69, 9.17) is 5.26 Å². The van der Waals surface area contributed by atoms with E-state index in [1.165, 1.54) is 0 Å². The van der Waals surface area contributed by atoms with Crippen molar-refractivity contribution in [2.45, 2.75) is 13.0 Å². The SMILES string of the molecule is N#Cc1cccnc1NCCCn1ccnc1. The molecular formula is C12H13N5. The van der Waals surface area contributed by atoms with Gasteiger partial charge < -0.3 is 9.88 Å². The molecule has 0 radical (unpaired) electrons. The average molecular weight is 227 g/mol. The second-order valence-corrected chi connectivity index (χ2v) is 3.59. The smallest absolute Gasteiger partial charge is 0.143 e. The molecule has 17 heavy (non-hydrogen) atoms. The molecule has 0 saturated carbocycles. The van der Waals surface area contributed by atoms with E-state index in [0.29, 0.717) is 11.4 Å². The van der Waals surface area contributed by atoms with Gasteiger partial charge in [0.2, 0.25) is 0 Å². The molecule has 0 bridgehead atoms. The van der Waals surface area contributed by atoms with Crippen LogP contribution in [0.5, 0.6) is 0 Å². The van der Waals surface area contributed by atoms with Gasteiger partial charge in [0.15, 0.2) is 0 Å². The molecule has 0 aliphatic heterocycles. The van der Waals surface area contributed by atoms with E-state index in [-0.39, 0.29) is 0 Å². The highest BCUT2D eigenvalue weighted by Crippen LogP contribution is 2.09. The van der Waals surface area contributed by atoms with Crippen LogP contribution in [0.15, 0.2) is 37.1 Å². The molecule has 2 aromatic heterocycles. The Morgan fingerprint density at radius 3 is 3.12 bits per heavy atom. The van der Waals surface area contributed by atoms with E-state index in [0.717, 1.165) is 19.5 Å². The zero-order chi connectivity index (χ0) is 11.9. The molecule has 2 aromatic rings. The first-order chi connectivity index (χ1) is 8.40. The Bertz CT molecular complexity index is 498. The van der Waals surface area contributed by atoms with Crippen molar-refractivity contribution in [2.75, 3.05) is 11.9 Å². The molecule has 0 atom stereocenters. The van der Waals surface area contributed by atoms with Crippen LogP contribution in [-0.4, -0.2) is 21.1 Å². The number of aromatic nitrogens is 3. The van der Waals surface area contributed by atoms with Crippen LogP contribution in [0, 0.1) is 11.3 Å². The molecule has 0 aliphatic rings. The first kappa shape index (κ1) is 11.1. The van der Waals surface area contributed by atoms with Gasteiger partial charge >= 0.3 is 0 Å². The van der Waals surface area contributed by atoms with Gasteiger partial charge in [-0.25, -0.2) is 9.97 Å². The zero-order valence-corrected chi connectivity index (χ0v) is 9.37. The van der Waals surface area contributed by atoms with Gasteiger partial charge in [0.05, 0.1) is 11.9 Å². The number of hydrogen-bond donors (Lipinski definition) is 1. The number of aryl methyl sites for hydroxylation is 1. The average Bonchev–Trinajstić information content (AvgIpc) is 2.88. The molecule has 1 N–H and O–H groups in total. The van der Waals surface area contributed by atoms with Gasteiger partial charge in [-0.2, -0.15) is 5.26 Å². The lowest BCUT2D eigenvalue weighted by Crippen LogP contribution is -2.08. The summed E-state index contributed by atoms with van der Waals surface area (Å²) in [5.41, 5.74) is 0.579. The van der Waals surface area contributed by atoms with Crippen molar-refractivity contribution in [3.05, 3.63) is 42.6 Å². The van der Waals surface area contributed by atoms with Gasteiger partial charge in [-0.3, -0.25) is 0 Å². The first-order valence-electron chi connectivity index (χ1n) is 5.45. The Balaban J connectivity index is 1.80. The number of nitriles is 1. The molecule has 2 rings (SSSR count). The fraction of sp³-hybridized carbons (Fsp3) is 0.250. The van der Waals surface area contributed by atoms with Crippen molar-refractivity contribution in [1.29, 1.82) is 5.26 Å². The standard InChI is InChI=1S/C12H13N5/c13-9-11-3-1-4-15-12(11)16-5-2-7-17-8-6-14-10-17/h1,3-4,6,8,10H,2,5,7H2,(H,15,16). The van der Waals surface area contributed by atoms with E-state index in [1.807, 2.05) is 10.8 Å². The third-order valence-corrected chi connectivity index (χ3v) is 2.37. The zero-order valence-electron chi connectivity index (χ0n) is 9.37. The monoisotopic (exact) mass is 227 g/mol. The molecule has 0 saturated heterocycles. The lowest BCUT2D eigenvalue weighted by atomic mass is 10.3. The summed E-state index contributed by atoms with van der Waals surface area (Å²) in [6, 6.07) is 5.62. The maximum atomic E-state index is 8.88. The summed E-state index contributed by atoms with van der Waals surface area (Å²) in [6.07, 6.45) is 8.12. The number of pyridine rings is 1. The number of rotatable bonds is 5. The molecule has 2 heterocycles. The summed E-state index contributed by atoms with van der Waals surface area (Å²) < 4.78 is 2.02. The summed E-state index contributed by atoms with van der Waals surface area (Å²) in [5.74, 6) is 0.653. The van der Waals surface area contributed by atoms with Crippen molar-refractivity contribution in [1.82, 2.24) is 14.5 Å². The molecular weight excluding hydrogens is 214 g/mol. The summed E-state index contributed by atoms with van der Waals surface area (Å²) >= 11 is 0. The molecule has 0 amide bonds. The lowest BCUT2D eigenvalue weighted by molar-refractivity contribution is 0.660. The molecule has 0 unspecified atom stereocenters. The number of imidazole rings is 1. The molecule has 5 heteroatoms. The van der Waals surface area contributed by atoms with Crippen LogP contribution in [0.1, 0.15) is 12.0 Å². The van der Waals surface area contributed by atoms with Crippen molar-refractivity contribution in [3.63, 3.8) is 0 Å². The van der Waals surface area contributed by atoms with Crippen molar-refractivity contribution in [2.24, 2.45) is 0 Å². The normalized spacial score (nSPS) is 9.82. The minimum Gasteiger partial charge on any atom is -0.369 e. The largest absolute Gasteiger partial charge is 0.369 e. The summed E-state index contributed by atoms with van der Waals surface area (Å²) in [5, 5.41) is 12.0.